The number of ether oxygens (including phenoxy) is 2. The Kier molecular flexibility index (Phi) is 7.61. The average molecular weight is 469 g/mol. The van der Waals surface area contributed by atoms with E-state index < -0.39 is 29.2 Å². The second-order valence-electron chi connectivity index (χ2n) is 9.32. The van der Waals surface area contributed by atoms with Crippen LogP contribution in [0, 0.1) is 0 Å². The molecule has 182 valence electrons. The predicted octanol–water partition coefficient (Wildman–Crippen LogP) is 3.69. The van der Waals surface area contributed by atoms with E-state index in [0.717, 1.165) is 22.3 Å². The van der Waals surface area contributed by atoms with Crippen LogP contribution in [0.3, 0.4) is 0 Å². The Morgan fingerprint density at radius 1 is 0.971 bits per heavy atom. The number of benzene rings is 2. The number of rotatable bonds is 9. The van der Waals surface area contributed by atoms with E-state index in [1.54, 1.807) is 20.8 Å². The van der Waals surface area contributed by atoms with Gasteiger partial charge in [-0.15, -0.1) is 0 Å². The van der Waals surface area contributed by atoms with Crippen molar-refractivity contribution in [2.75, 3.05) is 20.2 Å². The lowest BCUT2D eigenvalue weighted by Crippen LogP contribution is -2.59. The van der Waals surface area contributed by atoms with Gasteiger partial charge in [-0.1, -0.05) is 48.5 Å². The minimum Gasteiger partial charge on any atom is -0.479 e. The molecule has 34 heavy (non-hydrogen) atoms. The van der Waals surface area contributed by atoms with Crippen LogP contribution in [0.1, 0.15) is 50.7 Å². The van der Waals surface area contributed by atoms with E-state index in [4.69, 9.17) is 9.47 Å². The second kappa shape index (κ2) is 10.3. The van der Waals surface area contributed by atoms with E-state index in [1.807, 2.05) is 36.4 Å². The van der Waals surface area contributed by atoms with Gasteiger partial charge < -0.3 is 19.9 Å². The molecule has 0 fully saturated rings. The molecule has 0 bridgehead atoms. The van der Waals surface area contributed by atoms with E-state index in [2.05, 4.69) is 22.8 Å². The lowest BCUT2D eigenvalue weighted by atomic mass is 9.93. The summed E-state index contributed by atoms with van der Waals surface area (Å²) in [7, 11) is 1.40. The Labute approximate surface area is 199 Å². The third-order valence-electron chi connectivity index (χ3n) is 5.88. The van der Waals surface area contributed by atoms with Crippen LogP contribution in [0.5, 0.6) is 0 Å². The number of hydrogen-bond donors (Lipinski definition) is 3. The molecule has 0 aliphatic heterocycles. The minimum absolute atomic E-state index is 0.0470. The van der Waals surface area contributed by atoms with Gasteiger partial charge >= 0.3 is 18.0 Å². The summed E-state index contributed by atoms with van der Waals surface area (Å²) in [5.41, 5.74) is 1.81. The number of carbonyl (C=O) groups excluding carboxylic acids is 2. The summed E-state index contributed by atoms with van der Waals surface area (Å²) < 4.78 is 10.8. The van der Waals surface area contributed by atoms with Gasteiger partial charge in [0.15, 0.2) is 0 Å². The highest BCUT2D eigenvalue weighted by atomic mass is 16.6. The fourth-order valence-electron chi connectivity index (χ4n) is 4.19. The summed E-state index contributed by atoms with van der Waals surface area (Å²) in [6, 6.07) is 16.1. The number of likely N-dealkylation sites (N-methyl/N-ethyl adjacent to an activating group) is 1. The molecule has 0 radical (unpaired) electrons. The van der Waals surface area contributed by atoms with Gasteiger partial charge in [0, 0.05) is 12.5 Å². The van der Waals surface area contributed by atoms with Gasteiger partial charge in [0.05, 0.1) is 0 Å². The SMILES string of the molecule is CN[C@@](CCCNC(=O)OCC1c2ccccc2-c2ccccc21)(C(=O)O)C(=O)OC(C)(C)C. The van der Waals surface area contributed by atoms with Crippen LogP contribution < -0.4 is 10.6 Å². The molecule has 1 aliphatic rings. The largest absolute Gasteiger partial charge is 0.479 e. The number of esters is 1. The predicted molar refractivity (Wildman–Crippen MR) is 128 cm³/mol. The second-order valence-corrected chi connectivity index (χ2v) is 9.32. The Hall–Kier alpha value is -3.39. The van der Waals surface area contributed by atoms with Crippen molar-refractivity contribution in [1.82, 2.24) is 10.6 Å². The zero-order valence-electron chi connectivity index (χ0n) is 20.0. The molecule has 8 heteroatoms. The first kappa shape index (κ1) is 25.2. The first-order chi connectivity index (χ1) is 16.1. The summed E-state index contributed by atoms with van der Waals surface area (Å²) in [6.45, 7) is 5.35. The Balaban J connectivity index is 1.54. The summed E-state index contributed by atoms with van der Waals surface area (Å²) in [5, 5.41) is 14.9. The molecule has 1 atom stereocenters. The number of carboxylic acids is 1. The molecule has 3 rings (SSSR count). The fraction of sp³-hybridized carbons (Fsp3) is 0.423. The van der Waals surface area contributed by atoms with Crippen LogP contribution >= 0.6 is 0 Å². The number of nitrogens with one attached hydrogen (secondary N) is 2. The molecule has 0 heterocycles. The monoisotopic (exact) mass is 468 g/mol. The van der Waals surface area contributed by atoms with Crippen molar-refractivity contribution in [2.45, 2.75) is 50.7 Å². The molecular weight excluding hydrogens is 436 g/mol. The van der Waals surface area contributed by atoms with Crippen molar-refractivity contribution in [3.05, 3.63) is 59.7 Å². The molecule has 2 aromatic rings. The van der Waals surface area contributed by atoms with Gasteiger partial charge in [-0.2, -0.15) is 0 Å². The highest BCUT2D eigenvalue weighted by molar-refractivity contribution is 6.04. The Bertz CT molecular complexity index is 1020. The molecule has 0 aromatic heterocycles. The maximum atomic E-state index is 12.6. The number of fused-ring (bicyclic) bond motifs is 3. The van der Waals surface area contributed by atoms with Gasteiger partial charge in [-0.3, -0.25) is 5.32 Å². The van der Waals surface area contributed by atoms with Crippen LogP contribution in [0.2, 0.25) is 0 Å². The van der Waals surface area contributed by atoms with Crippen LogP contribution in [0.25, 0.3) is 11.1 Å². The van der Waals surface area contributed by atoms with Crippen LogP contribution in [-0.2, 0) is 19.1 Å². The van der Waals surface area contributed by atoms with Crippen molar-refractivity contribution < 1.29 is 29.0 Å². The van der Waals surface area contributed by atoms with Gasteiger partial charge in [0.1, 0.15) is 12.2 Å². The summed E-state index contributed by atoms with van der Waals surface area (Å²) in [6.07, 6.45) is -0.418. The van der Waals surface area contributed by atoms with Crippen molar-refractivity contribution in [3.8, 4) is 11.1 Å². The highest BCUT2D eigenvalue weighted by Crippen LogP contribution is 2.44. The van der Waals surface area contributed by atoms with E-state index in [-0.39, 0.29) is 31.9 Å². The molecule has 2 aromatic carbocycles. The van der Waals surface area contributed by atoms with Crippen molar-refractivity contribution in [3.63, 3.8) is 0 Å². The standard InChI is InChI=1S/C26H32N2O6/c1-25(2,3)34-23(31)26(27-4,22(29)30)14-9-15-28-24(32)33-16-21-19-12-7-5-10-17(19)18-11-6-8-13-20(18)21/h5-8,10-13,21,27H,9,14-16H2,1-4H3,(H,28,32)(H,29,30)/t26-/m0/s1. The number of carboxylic acid groups (broad SMARTS) is 1. The zero-order chi connectivity index (χ0) is 24.9. The molecule has 8 nitrogen and oxygen atoms in total. The van der Waals surface area contributed by atoms with Gasteiger partial charge in [-0.05, 0) is 62.9 Å². The number of carbonyl (C=O) groups is 3. The maximum Gasteiger partial charge on any atom is 0.407 e. The lowest BCUT2D eigenvalue weighted by Gasteiger charge is -2.30. The average Bonchev–Trinajstić information content (AvgIpc) is 3.10. The first-order valence-corrected chi connectivity index (χ1v) is 11.3. The summed E-state index contributed by atoms with van der Waals surface area (Å²) in [5.74, 6) is -2.24. The first-order valence-electron chi connectivity index (χ1n) is 11.3. The Morgan fingerprint density at radius 2 is 1.53 bits per heavy atom. The normalized spacial score (nSPS) is 14.5. The molecule has 1 amide bonds. The van der Waals surface area contributed by atoms with Gasteiger partial charge in [0.2, 0.25) is 5.54 Å². The van der Waals surface area contributed by atoms with Crippen LogP contribution in [-0.4, -0.2) is 54.5 Å². The smallest absolute Gasteiger partial charge is 0.407 e. The number of hydrogen-bond acceptors (Lipinski definition) is 6. The van der Waals surface area contributed by atoms with Crippen LogP contribution in [0.4, 0.5) is 4.79 Å². The number of amides is 1. The van der Waals surface area contributed by atoms with Crippen molar-refractivity contribution in [1.29, 1.82) is 0 Å². The van der Waals surface area contributed by atoms with Crippen molar-refractivity contribution in [2.24, 2.45) is 0 Å². The van der Waals surface area contributed by atoms with E-state index >= 15 is 0 Å². The molecule has 0 saturated carbocycles. The number of alkyl carbamates (subject to hydrolysis) is 1. The third-order valence-corrected chi connectivity index (χ3v) is 5.88. The molecular formula is C26H32N2O6. The number of aliphatic carboxylic acids is 1. The quantitative estimate of drug-likeness (QED) is 0.292. The van der Waals surface area contributed by atoms with E-state index in [0.29, 0.717) is 0 Å². The third kappa shape index (κ3) is 5.39. The molecule has 0 spiro atoms. The lowest BCUT2D eigenvalue weighted by molar-refractivity contribution is -0.171. The highest BCUT2D eigenvalue weighted by Gasteiger charge is 2.47. The zero-order valence-corrected chi connectivity index (χ0v) is 20.0. The molecule has 0 saturated heterocycles. The van der Waals surface area contributed by atoms with E-state index in [1.165, 1.54) is 7.05 Å². The topological polar surface area (TPSA) is 114 Å². The van der Waals surface area contributed by atoms with Crippen molar-refractivity contribution >= 4 is 18.0 Å². The summed E-state index contributed by atoms with van der Waals surface area (Å²) >= 11 is 0. The minimum atomic E-state index is -1.89. The molecule has 0 unspecified atom stereocenters. The fourth-order valence-corrected chi connectivity index (χ4v) is 4.19. The van der Waals surface area contributed by atoms with Crippen LogP contribution in [0.15, 0.2) is 48.5 Å². The van der Waals surface area contributed by atoms with Gasteiger partial charge in [0.25, 0.3) is 0 Å². The van der Waals surface area contributed by atoms with E-state index in [9.17, 15) is 19.5 Å². The molecule has 1 aliphatic carbocycles. The summed E-state index contributed by atoms with van der Waals surface area (Å²) in [4.78, 5) is 36.8. The maximum absolute atomic E-state index is 12.6. The van der Waals surface area contributed by atoms with Gasteiger partial charge in [-0.25, -0.2) is 14.4 Å². The Morgan fingerprint density at radius 3 is 2.03 bits per heavy atom. The molecule has 3 N–H and O–H groups in total.